The normalized spacial score (nSPS) is 10.4. The Morgan fingerprint density at radius 2 is 1.21 bits per heavy atom. The second kappa shape index (κ2) is 8.97. The summed E-state index contributed by atoms with van der Waals surface area (Å²) >= 11 is 0. The van der Waals surface area contributed by atoms with Gasteiger partial charge in [0.05, 0.1) is 6.10 Å². The minimum absolute atomic E-state index is 0.0745. The van der Waals surface area contributed by atoms with Gasteiger partial charge in [0.1, 0.15) is 5.75 Å². The van der Waals surface area contributed by atoms with Crippen molar-refractivity contribution < 1.29 is 19.1 Å². The lowest BCUT2D eigenvalue weighted by Crippen LogP contribution is -2.15. The maximum absolute atomic E-state index is 12.4. The lowest BCUT2D eigenvalue weighted by atomic mass is 10.0. The molecule has 0 fully saturated rings. The first-order valence-corrected chi connectivity index (χ1v) is 9.26. The quantitative estimate of drug-likeness (QED) is 0.467. The summed E-state index contributed by atoms with van der Waals surface area (Å²) in [5.74, 6) is -0.768. The topological polar surface area (TPSA) is 72.5 Å². The number of ether oxygens (including phenoxy) is 1. The second-order valence-electron chi connectivity index (χ2n) is 6.75. The van der Waals surface area contributed by atoms with Gasteiger partial charge < -0.3 is 10.1 Å². The van der Waals surface area contributed by atoms with Gasteiger partial charge in [-0.2, -0.15) is 0 Å². The largest absolute Gasteiger partial charge is 0.491 e. The van der Waals surface area contributed by atoms with E-state index in [2.05, 4.69) is 5.32 Å². The van der Waals surface area contributed by atoms with Crippen molar-refractivity contribution in [2.75, 3.05) is 5.32 Å². The Morgan fingerprint density at radius 3 is 1.76 bits per heavy atom. The molecule has 29 heavy (non-hydrogen) atoms. The molecule has 0 heterocycles. The van der Waals surface area contributed by atoms with Crippen molar-refractivity contribution in [3.63, 3.8) is 0 Å². The first-order valence-electron chi connectivity index (χ1n) is 9.26. The SMILES string of the molecule is CC(C)Oc1ccc(NC(=O)c2ccc(C(=O)C(=O)c3ccccc3)cc2)cc1. The minimum atomic E-state index is -0.608. The lowest BCUT2D eigenvalue weighted by molar-refractivity contribution is 0.0817. The first kappa shape index (κ1) is 20.0. The van der Waals surface area contributed by atoms with Crippen LogP contribution in [0.3, 0.4) is 0 Å². The van der Waals surface area contributed by atoms with Crippen LogP contribution in [0.4, 0.5) is 5.69 Å². The van der Waals surface area contributed by atoms with Crippen LogP contribution in [0, 0.1) is 0 Å². The molecule has 5 heteroatoms. The summed E-state index contributed by atoms with van der Waals surface area (Å²) in [6.45, 7) is 3.88. The van der Waals surface area contributed by atoms with E-state index in [1.807, 2.05) is 13.8 Å². The molecule has 3 rings (SSSR count). The van der Waals surface area contributed by atoms with E-state index in [4.69, 9.17) is 4.74 Å². The van der Waals surface area contributed by atoms with Crippen LogP contribution in [0.2, 0.25) is 0 Å². The zero-order valence-corrected chi connectivity index (χ0v) is 16.2. The van der Waals surface area contributed by atoms with E-state index < -0.39 is 11.6 Å². The summed E-state index contributed by atoms with van der Waals surface area (Å²) in [6, 6.07) is 21.5. The van der Waals surface area contributed by atoms with Crippen LogP contribution in [0.15, 0.2) is 78.9 Å². The molecule has 5 nitrogen and oxygen atoms in total. The van der Waals surface area contributed by atoms with E-state index in [-0.39, 0.29) is 17.6 Å². The maximum Gasteiger partial charge on any atom is 0.255 e. The number of Topliss-reactive ketones (excluding diaryl/α,β-unsaturated/α-hetero) is 2. The molecule has 0 aliphatic heterocycles. The molecule has 1 N–H and O–H groups in total. The van der Waals surface area contributed by atoms with Crippen LogP contribution >= 0.6 is 0 Å². The van der Waals surface area contributed by atoms with Gasteiger partial charge in [-0.1, -0.05) is 42.5 Å². The summed E-state index contributed by atoms with van der Waals surface area (Å²) < 4.78 is 5.57. The van der Waals surface area contributed by atoms with E-state index in [1.165, 1.54) is 24.3 Å². The molecule has 3 aromatic rings. The Balaban J connectivity index is 1.65. The third kappa shape index (κ3) is 5.17. The van der Waals surface area contributed by atoms with Crippen LogP contribution in [0.1, 0.15) is 44.9 Å². The number of benzene rings is 3. The molecule has 146 valence electrons. The van der Waals surface area contributed by atoms with E-state index in [9.17, 15) is 14.4 Å². The Labute approximate surface area is 169 Å². The van der Waals surface area contributed by atoms with E-state index in [0.29, 0.717) is 16.8 Å². The minimum Gasteiger partial charge on any atom is -0.491 e. The summed E-state index contributed by atoms with van der Waals surface area (Å²) in [4.78, 5) is 37.0. The first-order chi connectivity index (χ1) is 13.9. The van der Waals surface area contributed by atoms with Crippen molar-refractivity contribution in [1.29, 1.82) is 0 Å². The van der Waals surface area contributed by atoms with Crippen molar-refractivity contribution in [3.05, 3.63) is 95.6 Å². The Kier molecular flexibility index (Phi) is 6.19. The number of ketones is 2. The van der Waals surface area contributed by atoms with E-state index >= 15 is 0 Å². The number of carbonyl (C=O) groups excluding carboxylic acids is 3. The van der Waals surface area contributed by atoms with Crippen molar-refractivity contribution in [2.24, 2.45) is 0 Å². The van der Waals surface area contributed by atoms with Gasteiger partial charge in [0.15, 0.2) is 0 Å². The molecule has 0 unspecified atom stereocenters. The zero-order chi connectivity index (χ0) is 20.8. The highest BCUT2D eigenvalue weighted by Crippen LogP contribution is 2.18. The summed E-state index contributed by atoms with van der Waals surface area (Å²) in [5.41, 5.74) is 1.59. The maximum atomic E-state index is 12.4. The van der Waals surface area contributed by atoms with E-state index in [0.717, 1.165) is 5.75 Å². The third-order valence-corrected chi connectivity index (χ3v) is 4.14. The smallest absolute Gasteiger partial charge is 0.255 e. The fraction of sp³-hybridized carbons (Fsp3) is 0.125. The van der Waals surface area contributed by atoms with Gasteiger partial charge in [-0.25, -0.2) is 0 Å². The molecule has 0 aliphatic carbocycles. The van der Waals surface area contributed by atoms with Crippen molar-refractivity contribution in [3.8, 4) is 5.75 Å². The lowest BCUT2D eigenvalue weighted by Gasteiger charge is -2.11. The molecule has 0 saturated carbocycles. The predicted octanol–water partition coefficient (Wildman–Crippen LogP) is 4.79. The van der Waals surface area contributed by atoms with Gasteiger partial charge in [-0.05, 0) is 50.2 Å². The highest BCUT2D eigenvalue weighted by atomic mass is 16.5. The Bertz CT molecular complexity index is 1010. The van der Waals surface area contributed by atoms with Crippen LogP contribution in [0.25, 0.3) is 0 Å². The predicted molar refractivity (Wildman–Crippen MR) is 112 cm³/mol. The molecule has 0 radical (unpaired) electrons. The fourth-order valence-corrected chi connectivity index (χ4v) is 2.72. The Morgan fingerprint density at radius 1 is 0.690 bits per heavy atom. The molecule has 0 saturated heterocycles. The van der Waals surface area contributed by atoms with Gasteiger partial charge in [0.2, 0.25) is 11.6 Å². The van der Waals surface area contributed by atoms with Crippen molar-refractivity contribution >= 4 is 23.2 Å². The molecular weight excluding hydrogens is 366 g/mol. The molecule has 0 aromatic heterocycles. The number of hydrogen-bond donors (Lipinski definition) is 1. The summed E-state index contributed by atoms with van der Waals surface area (Å²) in [5, 5.41) is 2.79. The molecule has 0 atom stereocenters. The molecular formula is C24H21NO4. The molecule has 0 aliphatic rings. The number of anilines is 1. The van der Waals surface area contributed by atoms with Gasteiger partial charge in [0, 0.05) is 22.4 Å². The van der Waals surface area contributed by atoms with Gasteiger partial charge >= 0.3 is 0 Å². The number of carbonyl (C=O) groups is 3. The average molecular weight is 387 g/mol. The highest BCUT2D eigenvalue weighted by molar-refractivity contribution is 6.49. The van der Waals surface area contributed by atoms with Gasteiger partial charge in [-0.3, -0.25) is 14.4 Å². The van der Waals surface area contributed by atoms with Crippen LogP contribution < -0.4 is 10.1 Å². The number of rotatable bonds is 7. The average Bonchev–Trinajstić information content (AvgIpc) is 2.74. The van der Waals surface area contributed by atoms with E-state index in [1.54, 1.807) is 54.6 Å². The van der Waals surface area contributed by atoms with Gasteiger partial charge in [-0.15, -0.1) is 0 Å². The summed E-state index contributed by atoms with van der Waals surface area (Å²) in [7, 11) is 0. The fourth-order valence-electron chi connectivity index (χ4n) is 2.72. The molecule has 1 amide bonds. The second-order valence-corrected chi connectivity index (χ2v) is 6.75. The van der Waals surface area contributed by atoms with Crippen molar-refractivity contribution in [1.82, 2.24) is 0 Å². The molecule has 3 aromatic carbocycles. The zero-order valence-electron chi connectivity index (χ0n) is 16.2. The number of nitrogens with one attached hydrogen (secondary N) is 1. The highest BCUT2D eigenvalue weighted by Gasteiger charge is 2.18. The third-order valence-electron chi connectivity index (χ3n) is 4.14. The number of hydrogen-bond acceptors (Lipinski definition) is 4. The summed E-state index contributed by atoms with van der Waals surface area (Å²) in [6.07, 6.45) is 0.0745. The standard InChI is InChI=1S/C24H21NO4/c1-16(2)29-21-14-12-20(13-15-21)25-24(28)19-10-8-18(9-11-19)23(27)22(26)17-6-4-3-5-7-17/h3-16H,1-2H3,(H,25,28). The van der Waals surface area contributed by atoms with Crippen LogP contribution in [-0.2, 0) is 0 Å². The molecule has 0 bridgehead atoms. The van der Waals surface area contributed by atoms with Crippen LogP contribution in [0.5, 0.6) is 5.75 Å². The monoisotopic (exact) mass is 387 g/mol. The van der Waals surface area contributed by atoms with Crippen molar-refractivity contribution in [2.45, 2.75) is 20.0 Å². The van der Waals surface area contributed by atoms with Crippen LogP contribution in [-0.4, -0.2) is 23.6 Å². The van der Waals surface area contributed by atoms with Gasteiger partial charge in [0.25, 0.3) is 5.91 Å². The number of amides is 1. The molecule has 0 spiro atoms. The Hall–Kier alpha value is -3.73.